The highest BCUT2D eigenvalue weighted by atomic mass is 15.2. The third-order valence-electron chi connectivity index (χ3n) is 3.14. The molecule has 0 aromatic heterocycles. The number of likely N-dealkylation sites (tertiary alicyclic amines) is 1. The normalized spacial score (nSPS) is 19.2. The number of rotatable bonds is 3. The van der Waals surface area contributed by atoms with Crippen LogP contribution in [0.15, 0.2) is 13.2 Å². The van der Waals surface area contributed by atoms with Crippen molar-refractivity contribution in [2.75, 3.05) is 52.4 Å². The van der Waals surface area contributed by atoms with Crippen molar-refractivity contribution in [3.8, 4) is 0 Å². The molecule has 0 radical (unpaired) electrons. The molecule has 1 N–H and O–H groups in total. The van der Waals surface area contributed by atoms with Crippen molar-refractivity contribution in [1.29, 1.82) is 0 Å². The van der Waals surface area contributed by atoms with Crippen LogP contribution < -0.4 is 5.32 Å². The van der Waals surface area contributed by atoms with Crippen LogP contribution in [-0.2, 0) is 0 Å². The molecule has 0 bridgehead atoms. The predicted octanol–water partition coefficient (Wildman–Crippen LogP) is 2.84. The van der Waals surface area contributed by atoms with Gasteiger partial charge in [0, 0.05) is 39.3 Å². The molecule has 2 heterocycles. The Hall–Kier alpha value is -0.380. The molecule has 0 aromatic carbocycles. The fourth-order valence-electron chi connectivity index (χ4n) is 2.22. The zero-order chi connectivity index (χ0) is 14.9. The van der Waals surface area contributed by atoms with E-state index in [0.29, 0.717) is 0 Å². The molecule has 3 nitrogen and oxygen atoms in total. The summed E-state index contributed by atoms with van der Waals surface area (Å²) in [5.41, 5.74) is 0. The van der Waals surface area contributed by atoms with Crippen molar-refractivity contribution >= 4 is 0 Å². The third-order valence-corrected chi connectivity index (χ3v) is 3.14. The molecule has 116 valence electrons. The maximum absolute atomic E-state index is 3.39. The summed E-state index contributed by atoms with van der Waals surface area (Å²) in [5.74, 6) is 0. The Labute approximate surface area is 122 Å². The minimum atomic E-state index is 1.18. The summed E-state index contributed by atoms with van der Waals surface area (Å²) < 4.78 is 0. The third kappa shape index (κ3) is 11.2. The molecule has 2 aliphatic rings. The maximum Gasteiger partial charge on any atom is 0.0110 e. The van der Waals surface area contributed by atoms with Crippen molar-refractivity contribution in [3.05, 3.63) is 13.2 Å². The van der Waals surface area contributed by atoms with Gasteiger partial charge in [0.1, 0.15) is 0 Å². The smallest absolute Gasteiger partial charge is 0.0110 e. The van der Waals surface area contributed by atoms with Crippen LogP contribution in [0.3, 0.4) is 0 Å². The highest BCUT2D eigenvalue weighted by molar-refractivity contribution is 4.71. The molecule has 3 heteroatoms. The molecule has 0 unspecified atom stereocenters. The fourth-order valence-corrected chi connectivity index (χ4v) is 2.22. The Kier molecular flexibility index (Phi) is 19.4. The van der Waals surface area contributed by atoms with E-state index in [-0.39, 0.29) is 0 Å². The molecule has 0 saturated carbocycles. The van der Waals surface area contributed by atoms with E-state index in [4.69, 9.17) is 0 Å². The average Bonchev–Trinajstić information content (AvgIpc) is 3.06. The Bertz CT molecular complexity index is 150. The second kappa shape index (κ2) is 17.6. The molecule has 0 aromatic rings. The predicted molar refractivity (Wildman–Crippen MR) is 88.9 cm³/mol. The van der Waals surface area contributed by atoms with Crippen LogP contribution in [0.25, 0.3) is 0 Å². The van der Waals surface area contributed by atoms with Gasteiger partial charge >= 0.3 is 0 Å². The Morgan fingerprint density at radius 2 is 1.11 bits per heavy atom. The molecular formula is C16H37N3. The molecule has 0 aliphatic carbocycles. The van der Waals surface area contributed by atoms with Crippen LogP contribution in [0.4, 0.5) is 0 Å². The average molecular weight is 271 g/mol. The Balaban J connectivity index is 0. The molecule has 2 saturated heterocycles. The summed E-state index contributed by atoms with van der Waals surface area (Å²) in [5, 5.41) is 3.39. The van der Waals surface area contributed by atoms with Crippen molar-refractivity contribution in [1.82, 2.24) is 15.1 Å². The minimum Gasteiger partial charge on any atom is -0.314 e. The van der Waals surface area contributed by atoms with Gasteiger partial charge in [-0.2, -0.15) is 0 Å². The maximum atomic E-state index is 3.39. The topological polar surface area (TPSA) is 18.5 Å². The minimum absolute atomic E-state index is 1.18. The zero-order valence-corrected chi connectivity index (χ0v) is 13.9. The van der Waals surface area contributed by atoms with Crippen LogP contribution in [0.1, 0.15) is 40.5 Å². The lowest BCUT2D eigenvalue weighted by atomic mass is 10.3. The molecule has 2 aliphatic heterocycles. The first kappa shape index (κ1) is 20.9. The SMILES string of the molecule is C1CCN(CCN2CCNCC2)C1.C=C.CC.CC. The van der Waals surface area contributed by atoms with Gasteiger partial charge in [0.2, 0.25) is 0 Å². The highest BCUT2D eigenvalue weighted by Crippen LogP contribution is 2.06. The van der Waals surface area contributed by atoms with Gasteiger partial charge in [0.25, 0.3) is 0 Å². The van der Waals surface area contributed by atoms with Crippen LogP contribution in [0, 0.1) is 0 Å². The van der Waals surface area contributed by atoms with Crippen molar-refractivity contribution in [2.24, 2.45) is 0 Å². The molecule has 19 heavy (non-hydrogen) atoms. The standard InChI is InChI=1S/C10H21N3.2C2H6.C2H4/c1-2-6-12(5-1)9-10-13-7-3-11-4-8-13;3*1-2/h11H,1-10H2;2*1-2H3;1-2H2. The van der Waals surface area contributed by atoms with Crippen molar-refractivity contribution < 1.29 is 0 Å². The summed E-state index contributed by atoms with van der Waals surface area (Å²) in [6, 6.07) is 0. The highest BCUT2D eigenvalue weighted by Gasteiger charge is 2.14. The molecule has 0 spiro atoms. The van der Waals surface area contributed by atoms with Gasteiger partial charge in [-0.05, 0) is 25.9 Å². The lowest BCUT2D eigenvalue weighted by molar-refractivity contribution is 0.205. The monoisotopic (exact) mass is 271 g/mol. The zero-order valence-electron chi connectivity index (χ0n) is 13.9. The van der Waals surface area contributed by atoms with Gasteiger partial charge in [0.15, 0.2) is 0 Å². The second-order valence-corrected chi connectivity index (χ2v) is 4.14. The van der Waals surface area contributed by atoms with E-state index in [2.05, 4.69) is 28.3 Å². The molecule has 2 rings (SSSR count). The van der Waals surface area contributed by atoms with Crippen LogP contribution in [0.2, 0.25) is 0 Å². The quantitative estimate of drug-likeness (QED) is 0.796. The molecule has 0 amide bonds. The number of piperazine rings is 1. The van der Waals surface area contributed by atoms with Gasteiger partial charge in [-0.1, -0.05) is 27.7 Å². The first-order valence-corrected chi connectivity index (χ1v) is 8.10. The first-order valence-electron chi connectivity index (χ1n) is 8.10. The van der Waals surface area contributed by atoms with E-state index < -0.39 is 0 Å². The van der Waals surface area contributed by atoms with E-state index in [1.54, 1.807) is 0 Å². The van der Waals surface area contributed by atoms with Crippen LogP contribution in [0.5, 0.6) is 0 Å². The summed E-state index contributed by atoms with van der Waals surface area (Å²) in [7, 11) is 0. The summed E-state index contributed by atoms with van der Waals surface area (Å²) in [6.07, 6.45) is 2.84. The Morgan fingerprint density at radius 1 is 0.737 bits per heavy atom. The van der Waals surface area contributed by atoms with Gasteiger partial charge in [-0.15, -0.1) is 13.2 Å². The lowest BCUT2D eigenvalue weighted by Gasteiger charge is -2.28. The number of nitrogens with one attached hydrogen (secondary N) is 1. The number of hydrogen-bond acceptors (Lipinski definition) is 3. The number of nitrogens with zero attached hydrogens (tertiary/aromatic N) is 2. The van der Waals surface area contributed by atoms with E-state index in [1.165, 1.54) is 65.2 Å². The van der Waals surface area contributed by atoms with Crippen molar-refractivity contribution in [2.45, 2.75) is 40.5 Å². The Morgan fingerprint density at radius 3 is 1.53 bits per heavy atom. The van der Waals surface area contributed by atoms with Crippen LogP contribution in [-0.4, -0.2) is 62.2 Å². The summed E-state index contributed by atoms with van der Waals surface area (Å²) in [6.45, 7) is 24.1. The second-order valence-electron chi connectivity index (χ2n) is 4.14. The van der Waals surface area contributed by atoms with Gasteiger partial charge in [-0.3, -0.25) is 4.90 Å². The lowest BCUT2D eigenvalue weighted by Crippen LogP contribution is -2.46. The van der Waals surface area contributed by atoms with E-state index in [0.717, 1.165) is 0 Å². The largest absolute Gasteiger partial charge is 0.314 e. The van der Waals surface area contributed by atoms with Gasteiger partial charge in [-0.25, -0.2) is 0 Å². The number of hydrogen-bond donors (Lipinski definition) is 1. The van der Waals surface area contributed by atoms with E-state index >= 15 is 0 Å². The van der Waals surface area contributed by atoms with E-state index in [9.17, 15) is 0 Å². The molecule has 0 atom stereocenters. The van der Waals surface area contributed by atoms with Gasteiger partial charge < -0.3 is 10.2 Å². The van der Waals surface area contributed by atoms with Crippen molar-refractivity contribution in [3.63, 3.8) is 0 Å². The summed E-state index contributed by atoms with van der Waals surface area (Å²) in [4.78, 5) is 5.18. The van der Waals surface area contributed by atoms with Crippen LogP contribution >= 0.6 is 0 Å². The van der Waals surface area contributed by atoms with E-state index in [1.807, 2.05) is 27.7 Å². The van der Waals surface area contributed by atoms with Gasteiger partial charge in [0.05, 0.1) is 0 Å². The molecule has 2 fully saturated rings. The summed E-state index contributed by atoms with van der Waals surface area (Å²) >= 11 is 0. The first-order chi connectivity index (χ1) is 9.45. The fraction of sp³-hybridized carbons (Fsp3) is 0.875. The molecular weight excluding hydrogens is 234 g/mol.